The van der Waals surface area contributed by atoms with E-state index in [1.165, 1.54) is 6.42 Å². The van der Waals surface area contributed by atoms with Crippen LogP contribution in [-0.2, 0) is 0 Å². The molecule has 1 nitrogen and oxygen atoms in total. The normalized spacial score (nSPS) is 33.6. The van der Waals surface area contributed by atoms with Gasteiger partial charge in [0.05, 0.1) is 0 Å². The highest BCUT2D eigenvalue weighted by molar-refractivity contribution is 5.01. The predicted molar refractivity (Wildman–Crippen MR) is 40.1 cm³/mol. The lowest BCUT2D eigenvalue weighted by atomic mass is 10.3. The standard InChI is InChI=1S/C8H15N/c1-2-3-4-7-5-8(7)6-9/h3-4,7-8H,2,5-6,9H2,1H3/b4-3+. The molecule has 1 heteroatoms. The number of rotatable bonds is 3. The number of nitrogens with two attached hydrogens (primary N) is 1. The Balaban J connectivity index is 2.11. The summed E-state index contributed by atoms with van der Waals surface area (Å²) in [5, 5.41) is 0. The van der Waals surface area contributed by atoms with Crippen molar-refractivity contribution in [1.82, 2.24) is 0 Å². The second-order valence-electron chi connectivity index (χ2n) is 2.73. The molecule has 0 bridgehead atoms. The fourth-order valence-electron chi connectivity index (χ4n) is 1.09. The van der Waals surface area contributed by atoms with Gasteiger partial charge < -0.3 is 5.73 Å². The molecule has 0 aromatic heterocycles. The molecule has 2 N–H and O–H groups in total. The van der Waals surface area contributed by atoms with Crippen LogP contribution < -0.4 is 5.73 Å². The Morgan fingerprint density at radius 3 is 2.89 bits per heavy atom. The van der Waals surface area contributed by atoms with Crippen LogP contribution in [0.3, 0.4) is 0 Å². The molecule has 1 aliphatic carbocycles. The molecule has 0 heterocycles. The summed E-state index contributed by atoms with van der Waals surface area (Å²) in [7, 11) is 0. The molecule has 1 aliphatic rings. The van der Waals surface area contributed by atoms with Crippen LogP contribution in [0.5, 0.6) is 0 Å². The summed E-state index contributed by atoms with van der Waals surface area (Å²) in [5.74, 6) is 1.64. The van der Waals surface area contributed by atoms with Crippen LogP contribution in [0.2, 0.25) is 0 Å². The summed E-state index contributed by atoms with van der Waals surface area (Å²) in [6.07, 6.45) is 7.03. The first-order chi connectivity index (χ1) is 4.38. The minimum atomic E-state index is 0.813. The third-order valence-corrected chi connectivity index (χ3v) is 1.90. The van der Waals surface area contributed by atoms with Crippen LogP contribution in [0.1, 0.15) is 19.8 Å². The predicted octanol–water partition coefficient (Wildman–Crippen LogP) is 1.55. The average Bonchev–Trinajstić information content (AvgIpc) is 2.62. The van der Waals surface area contributed by atoms with E-state index in [-0.39, 0.29) is 0 Å². The highest BCUT2D eigenvalue weighted by atomic mass is 14.6. The van der Waals surface area contributed by atoms with Gasteiger partial charge in [-0.25, -0.2) is 0 Å². The molecule has 0 spiro atoms. The maximum Gasteiger partial charge on any atom is -0.00430 e. The van der Waals surface area contributed by atoms with Crippen molar-refractivity contribution in [2.45, 2.75) is 19.8 Å². The van der Waals surface area contributed by atoms with E-state index < -0.39 is 0 Å². The van der Waals surface area contributed by atoms with E-state index in [2.05, 4.69) is 19.1 Å². The average molecular weight is 125 g/mol. The molecule has 0 saturated heterocycles. The van der Waals surface area contributed by atoms with Gasteiger partial charge in [0.1, 0.15) is 0 Å². The van der Waals surface area contributed by atoms with Gasteiger partial charge in [-0.15, -0.1) is 0 Å². The minimum Gasteiger partial charge on any atom is -0.330 e. The lowest BCUT2D eigenvalue weighted by molar-refractivity contribution is 0.797. The van der Waals surface area contributed by atoms with Gasteiger partial charge in [-0.3, -0.25) is 0 Å². The molecule has 2 atom stereocenters. The van der Waals surface area contributed by atoms with Crippen molar-refractivity contribution >= 4 is 0 Å². The van der Waals surface area contributed by atoms with Gasteiger partial charge in [-0.05, 0) is 31.2 Å². The lowest BCUT2D eigenvalue weighted by Crippen LogP contribution is -2.01. The van der Waals surface area contributed by atoms with E-state index in [0.29, 0.717) is 0 Å². The van der Waals surface area contributed by atoms with Crippen LogP contribution in [0, 0.1) is 11.8 Å². The van der Waals surface area contributed by atoms with Crippen LogP contribution >= 0.6 is 0 Å². The highest BCUT2D eigenvalue weighted by Crippen LogP contribution is 2.38. The molecular formula is C8H15N. The molecule has 52 valence electrons. The summed E-state index contributed by atoms with van der Waals surface area (Å²) in [4.78, 5) is 0. The number of hydrogen-bond donors (Lipinski definition) is 1. The summed E-state index contributed by atoms with van der Waals surface area (Å²) < 4.78 is 0. The Kier molecular flexibility index (Phi) is 2.29. The Labute approximate surface area is 56.9 Å². The van der Waals surface area contributed by atoms with Gasteiger partial charge in [0.25, 0.3) is 0 Å². The quantitative estimate of drug-likeness (QED) is 0.569. The monoisotopic (exact) mass is 125 g/mol. The Hall–Kier alpha value is -0.300. The van der Waals surface area contributed by atoms with Crippen molar-refractivity contribution in [2.24, 2.45) is 17.6 Å². The van der Waals surface area contributed by atoms with Crippen molar-refractivity contribution in [3.05, 3.63) is 12.2 Å². The van der Waals surface area contributed by atoms with Gasteiger partial charge in [-0.2, -0.15) is 0 Å². The summed E-state index contributed by atoms with van der Waals surface area (Å²) in [6.45, 7) is 3.04. The smallest absolute Gasteiger partial charge is 0.00430 e. The molecular weight excluding hydrogens is 110 g/mol. The summed E-state index contributed by atoms with van der Waals surface area (Å²) in [6, 6.07) is 0. The third-order valence-electron chi connectivity index (χ3n) is 1.90. The zero-order chi connectivity index (χ0) is 6.69. The topological polar surface area (TPSA) is 26.0 Å². The maximum absolute atomic E-state index is 5.46. The van der Waals surface area contributed by atoms with Gasteiger partial charge in [0.2, 0.25) is 0 Å². The second kappa shape index (κ2) is 3.02. The van der Waals surface area contributed by atoms with Crippen molar-refractivity contribution in [3.63, 3.8) is 0 Å². The van der Waals surface area contributed by atoms with E-state index in [0.717, 1.165) is 24.8 Å². The molecule has 0 aliphatic heterocycles. The SMILES string of the molecule is CC/C=C/C1CC1CN. The highest BCUT2D eigenvalue weighted by Gasteiger charge is 2.32. The Bertz CT molecular complexity index is 107. The third kappa shape index (κ3) is 1.83. The van der Waals surface area contributed by atoms with Crippen molar-refractivity contribution in [2.75, 3.05) is 6.54 Å². The van der Waals surface area contributed by atoms with E-state index in [9.17, 15) is 0 Å². The van der Waals surface area contributed by atoms with E-state index in [4.69, 9.17) is 5.73 Å². The molecule has 9 heavy (non-hydrogen) atoms. The fourth-order valence-corrected chi connectivity index (χ4v) is 1.09. The van der Waals surface area contributed by atoms with Gasteiger partial charge in [0.15, 0.2) is 0 Å². The zero-order valence-corrected chi connectivity index (χ0v) is 6.01. The first kappa shape index (κ1) is 6.81. The Morgan fingerprint density at radius 2 is 2.44 bits per heavy atom. The molecule has 0 aromatic rings. The van der Waals surface area contributed by atoms with Crippen LogP contribution in [0.25, 0.3) is 0 Å². The second-order valence-corrected chi connectivity index (χ2v) is 2.73. The van der Waals surface area contributed by atoms with Crippen molar-refractivity contribution in [1.29, 1.82) is 0 Å². The van der Waals surface area contributed by atoms with Crippen LogP contribution in [-0.4, -0.2) is 6.54 Å². The zero-order valence-electron chi connectivity index (χ0n) is 6.01. The van der Waals surface area contributed by atoms with E-state index in [1.54, 1.807) is 0 Å². The first-order valence-electron chi connectivity index (χ1n) is 3.75. The number of allylic oxidation sites excluding steroid dienone is 2. The molecule has 0 aromatic carbocycles. The first-order valence-corrected chi connectivity index (χ1v) is 3.75. The molecule has 1 saturated carbocycles. The largest absolute Gasteiger partial charge is 0.330 e. The molecule has 1 fully saturated rings. The molecule has 1 rings (SSSR count). The van der Waals surface area contributed by atoms with E-state index >= 15 is 0 Å². The minimum absolute atomic E-state index is 0.813. The van der Waals surface area contributed by atoms with Crippen molar-refractivity contribution < 1.29 is 0 Å². The maximum atomic E-state index is 5.46. The van der Waals surface area contributed by atoms with Gasteiger partial charge >= 0.3 is 0 Å². The van der Waals surface area contributed by atoms with Crippen LogP contribution in [0.4, 0.5) is 0 Å². The summed E-state index contributed by atoms with van der Waals surface area (Å²) >= 11 is 0. The van der Waals surface area contributed by atoms with Gasteiger partial charge in [0, 0.05) is 0 Å². The van der Waals surface area contributed by atoms with E-state index in [1.807, 2.05) is 0 Å². The molecule has 0 amide bonds. The van der Waals surface area contributed by atoms with Crippen molar-refractivity contribution in [3.8, 4) is 0 Å². The molecule has 2 unspecified atom stereocenters. The Morgan fingerprint density at radius 1 is 1.67 bits per heavy atom. The summed E-state index contributed by atoms with van der Waals surface area (Å²) in [5.41, 5.74) is 5.46. The molecule has 0 radical (unpaired) electrons. The lowest BCUT2D eigenvalue weighted by Gasteiger charge is -1.85. The fraction of sp³-hybridized carbons (Fsp3) is 0.750. The van der Waals surface area contributed by atoms with Gasteiger partial charge in [-0.1, -0.05) is 19.1 Å². The van der Waals surface area contributed by atoms with Crippen LogP contribution in [0.15, 0.2) is 12.2 Å². The number of hydrogen-bond acceptors (Lipinski definition) is 1.